The molecule has 1 aliphatic rings. The molecule has 3 rings (SSSR count). The highest BCUT2D eigenvalue weighted by atomic mass is 32.1. The van der Waals surface area contributed by atoms with E-state index >= 15 is 0 Å². The van der Waals surface area contributed by atoms with Crippen molar-refractivity contribution < 1.29 is 33.4 Å². The largest absolute Gasteiger partial charge is 0.493 e. The van der Waals surface area contributed by atoms with E-state index in [2.05, 4.69) is 15.8 Å². The molecule has 11 nitrogen and oxygen atoms in total. The van der Waals surface area contributed by atoms with E-state index in [4.69, 9.17) is 19.9 Å². The fourth-order valence-corrected chi connectivity index (χ4v) is 5.09. The number of aryl methyl sites for hydroxylation is 1. The molecule has 0 fully saturated rings. The highest BCUT2D eigenvalue weighted by Crippen LogP contribution is 2.38. The van der Waals surface area contributed by atoms with Crippen LogP contribution < -0.4 is 25.9 Å². The molecule has 0 saturated heterocycles. The van der Waals surface area contributed by atoms with Gasteiger partial charge >= 0.3 is 17.8 Å². The maximum atomic E-state index is 12.7. The molecule has 1 aromatic heterocycles. The molecule has 0 saturated carbocycles. The van der Waals surface area contributed by atoms with Gasteiger partial charge in [0.15, 0.2) is 18.1 Å². The number of rotatable bonds is 9. The summed E-state index contributed by atoms with van der Waals surface area (Å²) in [6.07, 6.45) is 4.55. The van der Waals surface area contributed by atoms with Crippen molar-refractivity contribution >= 4 is 45.7 Å². The molecule has 0 spiro atoms. The second kappa shape index (κ2) is 12.9. The number of carbonyl (C=O) groups is 4. The van der Waals surface area contributed by atoms with Gasteiger partial charge in [0.25, 0.3) is 5.91 Å². The summed E-state index contributed by atoms with van der Waals surface area (Å²) in [6.45, 7) is 3.24. The van der Waals surface area contributed by atoms with Crippen molar-refractivity contribution in [1.82, 2.24) is 5.43 Å². The number of ether oxygens (including phenoxy) is 3. The summed E-state index contributed by atoms with van der Waals surface area (Å²) < 4.78 is 15.8. The van der Waals surface area contributed by atoms with Gasteiger partial charge < -0.3 is 25.3 Å². The van der Waals surface area contributed by atoms with Gasteiger partial charge in [-0.1, -0.05) is 6.42 Å². The summed E-state index contributed by atoms with van der Waals surface area (Å²) in [5.74, 6) is -2.44. The van der Waals surface area contributed by atoms with E-state index in [0.717, 1.165) is 42.5 Å². The zero-order valence-corrected chi connectivity index (χ0v) is 21.8. The normalized spacial score (nSPS) is 13.1. The number of hydrogen-bond acceptors (Lipinski definition) is 9. The summed E-state index contributed by atoms with van der Waals surface area (Å²) >= 11 is 1.30. The molecule has 1 aliphatic carbocycles. The molecule has 2 aromatic rings. The highest BCUT2D eigenvalue weighted by Gasteiger charge is 2.28. The van der Waals surface area contributed by atoms with Crippen LogP contribution in [0.25, 0.3) is 0 Å². The van der Waals surface area contributed by atoms with E-state index in [0.29, 0.717) is 33.3 Å². The lowest BCUT2D eigenvalue weighted by atomic mass is 10.1. The average molecular weight is 531 g/mol. The highest BCUT2D eigenvalue weighted by molar-refractivity contribution is 7.17. The summed E-state index contributed by atoms with van der Waals surface area (Å²) in [5.41, 5.74) is 9.52. The summed E-state index contributed by atoms with van der Waals surface area (Å²) in [5, 5.41) is 6.87. The molecule has 37 heavy (non-hydrogen) atoms. The van der Waals surface area contributed by atoms with Crippen LogP contribution in [-0.4, -0.2) is 49.7 Å². The van der Waals surface area contributed by atoms with Gasteiger partial charge in [0.05, 0.1) is 25.0 Å². The number of esters is 1. The monoisotopic (exact) mass is 530 g/mol. The van der Waals surface area contributed by atoms with Crippen LogP contribution in [0, 0.1) is 0 Å². The van der Waals surface area contributed by atoms with Crippen LogP contribution in [0.1, 0.15) is 59.5 Å². The molecule has 0 bridgehead atoms. The Morgan fingerprint density at radius 1 is 1.08 bits per heavy atom. The van der Waals surface area contributed by atoms with Crippen LogP contribution in [0.5, 0.6) is 11.5 Å². The second-order valence-corrected chi connectivity index (χ2v) is 9.31. The first-order valence-corrected chi connectivity index (χ1v) is 12.6. The quantitative estimate of drug-likeness (QED) is 0.148. The Morgan fingerprint density at radius 3 is 2.54 bits per heavy atom. The molecule has 1 heterocycles. The number of nitrogens with zero attached hydrogens (tertiary/aromatic N) is 1. The average Bonchev–Trinajstić information content (AvgIpc) is 3.05. The smallest absolute Gasteiger partial charge is 0.341 e. The minimum atomic E-state index is -0.994. The number of amides is 3. The number of hydrogen-bond donors (Lipinski definition) is 3. The third kappa shape index (κ3) is 7.06. The van der Waals surface area contributed by atoms with Crippen molar-refractivity contribution in [1.29, 1.82) is 0 Å². The number of thiophene rings is 1. The Morgan fingerprint density at radius 2 is 1.84 bits per heavy atom. The minimum Gasteiger partial charge on any atom is -0.493 e. The second-order valence-electron chi connectivity index (χ2n) is 8.20. The van der Waals surface area contributed by atoms with Gasteiger partial charge in [0.2, 0.25) is 0 Å². The summed E-state index contributed by atoms with van der Waals surface area (Å²) in [6, 6.07) is 4.82. The predicted molar refractivity (Wildman–Crippen MR) is 138 cm³/mol. The van der Waals surface area contributed by atoms with E-state index in [1.807, 2.05) is 0 Å². The van der Waals surface area contributed by atoms with Crippen LogP contribution in [0.15, 0.2) is 23.3 Å². The Labute approximate surface area is 218 Å². The number of methoxy groups -OCH3 is 1. The van der Waals surface area contributed by atoms with Gasteiger partial charge in [-0.05, 0) is 63.3 Å². The van der Waals surface area contributed by atoms with Crippen LogP contribution >= 0.6 is 11.3 Å². The first-order valence-electron chi connectivity index (χ1n) is 11.8. The van der Waals surface area contributed by atoms with E-state index in [1.165, 1.54) is 18.4 Å². The van der Waals surface area contributed by atoms with Crippen LogP contribution in [0.3, 0.4) is 0 Å². The number of primary amides is 1. The van der Waals surface area contributed by atoms with Crippen molar-refractivity contribution in [2.24, 2.45) is 10.8 Å². The van der Waals surface area contributed by atoms with Crippen LogP contribution in [0.2, 0.25) is 0 Å². The number of nitrogens with one attached hydrogen (secondary N) is 2. The van der Waals surface area contributed by atoms with Gasteiger partial charge in [-0.2, -0.15) is 5.10 Å². The van der Waals surface area contributed by atoms with E-state index in [-0.39, 0.29) is 13.2 Å². The Kier molecular flexibility index (Phi) is 9.61. The van der Waals surface area contributed by atoms with E-state index in [9.17, 15) is 19.2 Å². The van der Waals surface area contributed by atoms with Crippen LogP contribution in [-0.2, 0) is 32.0 Å². The minimum absolute atomic E-state index is 0.203. The number of benzene rings is 1. The number of nitrogens with two attached hydrogens (primary N) is 1. The third-order valence-electron chi connectivity index (χ3n) is 5.61. The molecule has 0 atom stereocenters. The maximum Gasteiger partial charge on any atom is 0.341 e. The molecule has 1 aromatic carbocycles. The lowest BCUT2D eigenvalue weighted by molar-refractivity contribution is -0.136. The maximum absolute atomic E-state index is 12.7. The van der Waals surface area contributed by atoms with Crippen molar-refractivity contribution in [2.75, 3.05) is 25.6 Å². The Bertz CT molecular complexity index is 1220. The lowest BCUT2D eigenvalue weighted by Crippen LogP contribution is -2.33. The molecular weight excluding hydrogens is 500 g/mol. The number of carbonyl (C=O) groups excluding carboxylic acids is 4. The first-order chi connectivity index (χ1) is 17.7. The fraction of sp³-hybridized carbons (Fsp3) is 0.400. The van der Waals surface area contributed by atoms with Crippen molar-refractivity contribution in [3.8, 4) is 11.5 Å². The Hall–Kier alpha value is -3.93. The lowest BCUT2D eigenvalue weighted by Gasteiger charge is -2.11. The molecule has 0 radical (unpaired) electrons. The standard InChI is InChI=1S/C25H30N4O7S/c1-4-35-25(33)21-16-8-6-5-7-9-19(16)37-24(21)27-22(31)23(32)29-28-14(2)15-10-11-17(18(12-15)34-3)36-13-20(26)30/h10-12H,4-9,13H2,1-3H3,(H2,26,30)(H,27,31)(H,29,32). The summed E-state index contributed by atoms with van der Waals surface area (Å²) in [4.78, 5) is 49.8. The molecule has 198 valence electrons. The molecule has 4 N–H and O–H groups in total. The number of hydrazone groups is 1. The molecule has 3 amide bonds. The SMILES string of the molecule is CCOC(=O)c1c(NC(=O)C(=O)NN=C(C)c2ccc(OCC(N)=O)c(OC)c2)sc2c1CCCCC2. The molecule has 0 unspecified atom stereocenters. The number of fused-ring (bicyclic) bond motifs is 1. The first kappa shape index (κ1) is 27.7. The van der Waals surface area contributed by atoms with Gasteiger partial charge in [0, 0.05) is 10.4 Å². The van der Waals surface area contributed by atoms with Crippen molar-refractivity contribution in [3.05, 3.63) is 39.8 Å². The summed E-state index contributed by atoms with van der Waals surface area (Å²) in [7, 11) is 1.43. The molecule has 0 aliphatic heterocycles. The van der Waals surface area contributed by atoms with E-state index in [1.54, 1.807) is 32.0 Å². The van der Waals surface area contributed by atoms with Crippen molar-refractivity contribution in [2.45, 2.75) is 46.0 Å². The van der Waals surface area contributed by atoms with Gasteiger partial charge in [-0.3, -0.25) is 14.4 Å². The molecular formula is C25H30N4O7S. The van der Waals surface area contributed by atoms with Gasteiger partial charge in [-0.15, -0.1) is 11.3 Å². The van der Waals surface area contributed by atoms with Crippen LogP contribution in [0.4, 0.5) is 5.00 Å². The van der Waals surface area contributed by atoms with E-state index < -0.39 is 23.7 Å². The van der Waals surface area contributed by atoms with Gasteiger partial charge in [0.1, 0.15) is 5.00 Å². The number of anilines is 1. The topological polar surface area (TPSA) is 158 Å². The van der Waals surface area contributed by atoms with Gasteiger partial charge in [-0.25, -0.2) is 10.2 Å². The zero-order chi connectivity index (χ0) is 26.9. The predicted octanol–water partition coefficient (Wildman–Crippen LogP) is 2.55. The zero-order valence-electron chi connectivity index (χ0n) is 21.0. The fourth-order valence-electron chi connectivity index (χ4n) is 3.82. The Balaban J connectivity index is 1.72. The molecule has 12 heteroatoms. The third-order valence-corrected chi connectivity index (χ3v) is 6.82. The van der Waals surface area contributed by atoms with Crippen molar-refractivity contribution in [3.63, 3.8) is 0 Å².